The van der Waals surface area contributed by atoms with E-state index in [0.29, 0.717) is 33.1 Å². The summed E-state index contributed by atoms with van der Waals surface area (Å²) in [5, 5.41) is 17.1. The highest BCUT2D eigenvalue weighted by Gasteiger charge is 2.16. The summed E-state index contributed by atoms with van der Waals surface area (Å²) in [6, 6.07) is 14.3. The minimum Gasteiger partial charge on any atom is -0.422 e. The summed E-state index contributed by atoms with van der Waals surface area (Å²) in [6.45, 7) is 1.83. The summed E-state index contributed by atoms with van der Waals surface area (Å²) in [5.74, 6) is -0.350. The lowest BCUT2D eigenvalue weighted by atomic mass is 10.1. The van der Waals surface area contributed by atoms with Crippen LogP contribution in [0.25, 0.3) is 21.9 Å². The second-order valence-electron chi connectivity index (χ2n) is 6.16. The Hall–Kier alpha value is -3.92. The van der Waals surface area contributed by atoms with Gasteiger partial charge >= 0.3 is 5.63 Å². The van der Waals surface area contributed by atoms with E-state index in [1.807, 2.05) is 25.1 Å². The van der Waals surface area contributed by atoms with Crippen molar-refractivity contribution in [1.29, 1.82) is 5.26 Å². The summed E-state index contributed by atoms with van der Waals surface area (Å²) in [6.07, 6.45) is 1.40. The Bertz CT molecular complexity index is 1290. The molecular weight excluding hydrogens is 344 g/mol. The molecular formula is C20H14N4O3. The zero-order chi connectivity index (χ0) is 19.0. The number of nitriles is 1. The first kappa shape index (κ1) is 16.5. The van der Waals surface area contributed by atoms with Crippen molar-refractivity contribution < 1.29 is 9.21 Å². The molecule has 4 aromatic rings. The third-order valence-electron chi connectivity index (χ3n) is 4.27. The van der Waals surface area contributed by atoms with Crippen molar-refractivity contribution in [1.82, 2.24) is 9.78 Å². The molecule has 0 aliphatic carbocycles. The number of fused-ring (bicyclic) bond motifs is 3. The van der Waals surface area contributed by atoms with Crippen molar-refractivity contribution in [2.75, 3.05) is 5.32 Å². The molecule has 7 heteroatoms. The van der Waals surface area contributed by atoms with E-state index in [0.717, 1.165) is 5.56 Å². The van der Waals surface area contributed by atoms with Gasteiger partial charge < -0.3 is 9.73 Å². The van der Waals surface area contributed by atoms with Gasteiger partial charge in [0.2, 0.25) is 5.91 Å². The molecule has 1 N–H and O–H groups in total. The van der Waals surface area contributed by atoms with Crippen molar-refractivity contribution in [2.45, 2.75) is 13.5 Å². The maximum Gasteiger partial charge on any atom is 0.347 e. The number of hydrogen-bond acceptors (Lipinski definition) is 5. The summed E-state index contributed by atoms with van der Waals surface area (Å²) < 4.78 is 6.80. The second-order valence-corrected chi connectivity index (χ2v) is 6.16. The minimum absolute atomic E-state index is 0.101. The van der Waals surface area contributed by atoms with Crippen molar-refractivity contribution in [3.8, 4) is 6.07 Å². The first-order chi connectivity index (χ1) is 13.1. The Kier molecular flexibility index (Phi) is 3.94. The van der Waals surface area contributed by atoms with E-state index in [-0.39, 0.29) is 12.5 Å². The highest BCUT2D eigenvalue weighted by molar-refractivity contribution is 6.03. The van der Waals surface area contributed by atoms with Crippen LogP contribution in [-0.2, 0) is 11.3 Å². The highest BCUT2D eigenvalue weighted by atomic mass is 16.4. The molecule has 27 heavy (non-hydrogen) atoms. The third-order valence-corrected chi connectivity index (χ3v) is 4.27. The average Bonchev–Trinajstić information content (AvgIpc) is 3.07. The fourth-order valence-corrected chi connectivity index (χ4v) is 3.03. The average molecular weight is 358 g/mol. The van der Waals surface area contributed by atoms with Crippen molar-refractivity contribution >= 4 is 33.5 Å². The minimum atomic E-state index is -0.497. The predicted molar refractivity (Wildman–Crippen MR) is 100 cm³/mol. The van der Waals surface area contributed by atoms with Gasteiger partial charge in [-0.05, 0) is 31.2 Å². The number of rotatable bonds is 3. The van der Waals surface area contributed by atoms with Gasteiger partial charge in [-0.1, -0.05) is 23.8 Å². The van der Waals surface area contributed by atoms with E-state index in [2.05, 4.69) is 10.4 Å². The smallest absolute Gasteiger partial charge is 0.347 e. The Morgan fingerprint density at radius 2 is 2.07 bits per heavy atom. The molecule has 2 heterocycles. The van der Waals surface area contributed by atoms with Gasteiger partial charge in [-0.15, -0.1) is 0 Å². The number of para-hydroxylation sites is 1. The van der Waals surface area contributed by atoms with Gasteiger partial charge in [0.15, 0.2) is 0 Å². The molecule has 0 fully saturated rings. The van der Waals surface area contributed by atoms with Crippen LogP contribution >= 0.6 is 0 Å². The predicted octanol–water partition coefficient (Wildman–Crippen LogP) is 2.96. The number of aryl methyl sites for hydroxylation is 1. The fraction of sp³-hybridized carbons (Fsp3) is 0.100. The molecule has 0 spiro atoms. The number of anilines is 1. The molecule has 0 atom stereocenters. The molecule has 0 unspecified atom stereocenters. The van der Waals surface area contributed by atoms with E-state index in [9.17, 15) is 9.59 Å². The fourth-order valence-electron chi connectivity index (χ4n) is 3.03. The number of nitrogens with zero attached hydrogens (tertiary/aromatic N) is 3. The lowest BCUT2D eigenvalue weighted by molar-refractivity contribution is -0.116. The summed E-state index contributed by atoms with van der Waals surface area (Å²) in [4.78, 5) is 24.7. The molecule has 0 saturated carbocycles. The number of hydrogen-bond donors (Lipinski definition) is 1. The van der Waals surface area contributed by atoms with Gasteiger partial charge in [0.25, 0.3) is 0 Å². The van der Waals surface area contributed by atoms with Crippen molar-refractivity contribution in [2.24, 2.45) is 0 Å². The van der Waals surface area contributed by atoms with Crippen LogP contribution < -0.4 is 10.9 Å². The van der Waals surface area contributed by atoms with Crippen LogP contribution in [-0.4, -0.2) is 15.7 Å². The Labute approximate surface area is 153 Å². The second kappa shape index (κ2) is 6.42. The topological polar surface area (TPSA) is 101 Å². The lowest BCUT2D eigenvalue weighted by Gasteiger charge is -2.08. The number of carbonyl (C=O) groups is 1. The molecule has 132 valence electrons. The molecule has 0 radical (unpaired) electrons. The quantitative estimate of drug-likeness (QED) is 0.567. The summed E-state index contributed by atoms with van der Waals surface area (Å²) in [5.41, 5.74) is 2.30. The molecule has 0 saturated heterocycles. The van der Waals surface area contributed by atoms with Crippen LogP contribution in [0.5, 0.6) is 0 Å². The molecule has 0 aliphatic heterocycles. The summed E-state index contributed by atoms with van der Waals surface area (Å²) >= 11 is 0. The van der Waals surface area contributed by atoms with E-state index in [1.54, 1.807) is 30.3 Å². The molecule has 2 aromatic carbocycles. The van der Waals surface area contributed by atoms with Crippen LogP contribution in [0.2, 0.25) is 0 Å². The van der Waals surface area contributed by atoms with Crippen LogP contribution in [0.3, 0.4) is 0 Å². The normalized spacial score (nSPS) is 10.8. The third kappa shape index (κ3) is 2.93. The monoisotopic (exact) mass is 358 g/mol. The van der Waals surface area contributed by atoms with Crippen LogP contribution in [0.15, 0.2) is 57.9 Å². The zero-order valence-corrected chi connectivity index (χ0v) is 14.4. The maximum absolute atomic E-state index is 12.5. The van der Waals surface area contributed by atoms with Gasteiger partial charge in [-0.2, -0.15) is 10.4 Å². The standard InChI is InChI=1S/C20H14N4O3/c1-12-6-7-17-14(8-12)19-15(20(26)27-17)10-22-24(19)11-18(25)23-16-5-3-2-4-13(16)9-21/h2-8,10H,11H2,1H3,(H,23,25). The first-order valence-corrected chi connectivity index (χ1v) is 8.25. The number of aromatic nitrogens is 2. The molecule has 2 aromatic heterocycles. The zero-order valence-electron chi connectivity index (χ0n) is 14.4. The molecule has 4 rings (SSSR count). The SMILES string of the molecule is Cc1ccc2oc(=O)c3cnn(CC(=O)Nc4ccccc4C#N)c3c2c1. The number of amides is 1. The van der Waals surface area contributed by atoms with E-state index in [4.69, 9.17) is 9.68 Å². The van der Waals surface area contributed by atoms with Gasteiger partial charge in [0.1, 0.15) is 23.6 Å². The number of benzene rings is 2. The van der Waals surface area contributed by atoms with Crippen LogP contribution in [0, 0.1) is 18.3 Å². The van der Waals surface area contributed by atoms with E-state index in [1.165, 1.54) is 10.9 Å². The highest BCUT2D eigenvalue weighted by Crippen LogP contribution is 2.24. The van der Waals surface area contributed by atoms with Gasteiger partial charge in [0, 0.05) is 5.39 Å². The Morgan fingerprint density at radius 3 is 2.89 bits per heavy atom. The van der Waals surface area contributed by atoms with E-state index < -0.39 is 5.63 Å². The van der Waals surface area contributed by atoms with Crippen LogP contribution in [0.4, 0.5) is 5.69 Å². The molecule has 7 nitrogen and oxygen atoms in total. The summed E-state index contributed by atoms with van der Waals surface area (Å²) in [7, 11) is 0. The Morgan fingerprint density at radius 1 is 1.26 bits per heavy atom. The molecule has 1 amide bonds. The Balaban J connectivity index is 1.75. The van der Waals surface area contributed by atoms with E-state index >= 15 is 0 Å². The van der Waals surface area contributed by atoms with Crippen molar-refractivity contribution in [3.63, 3.8) is 0 Å². The van der Waals surface area contributed by atoms with Crippen molar-refractivity contribution in [3.05, 3.63) is 70.2 Å². The van der Waals surface area contributed by atoms with Gasteiger partial charge in [0.05, 0.1) is 23.0 Å². The largest absolute Gasteiger partial charge is 0.422 e. The van der Waals surface area contributed by atoms with Gasteiger partial charge in [-0.25, -0.2) is 4.79 Å². The molecule has 0 aliphatic rings. The van der Waals surface area contributed by atoms with Crippen LogP contribution in [0.1, 0.15) is 11.1 Å². The first-order valence-electron chi connectivity index (χ1n) is 8.25. The lowest BCUT2D eigenvalue weighted by Crippen LogP contribution is -2.20. The molecule has 0 bridgehead atoms. The van der Waals surface area contributed by atoms with Gasteiger partial charge in [-0.3, -0.25) is 9.48 Å². The number of nitrogens with one attached hydrogen (secondary N) is 1. The maximum atomic E-state index is 12.5. The number of carbonyl (C=O) groups excluding carboxylic acids is 1.